The molecule has 5 aromatic rings. The Kier molecular flexibility index (Phi) is 3.53. The van der Waals surface area contributed by atoms with Crippen LogP contribution in [0.5, 0.6) is 0 Å². The predicted octanol–water partition coefficient (Wildman–Crippen LogP) is 4.83. The Balaban J connectivity index is 1.69. The second-order valence-electron chi connectivity index (χ2n) is 7.68. The van der Waals surface area contributed by atoms with Gasteiger partial charge in [0.25, 0.3) is 5.91 Å². The summed E-state index contributed by atoms with van der Waals surface area (Å²) < 4.78 is 2.21. The van der Waals surface area contributed by atoms with E-state index in [1.165, 1.54) is 6.33 Å². The van der Waals surface area contributed by atoms with E-state index >= 15 is 0 Å². The monoisotopic (exact) mass is 390 g/mol. The van der Waals surface area contributed by atoms with E-state index in [1.54, 1.807) is 4.90 Å². The molecule has 0 fully saturated rings. The molecular weight excluding hydrogens is 372 g/mol. The normalized spacial score (nSPS) is 13.4. The van der Waals surface area contributed by atoms with Gasteiger partial charge in [-0.1, -0.05) is 36.4 Å². The van der Waals surface area contributed by atoms with E-state index in [0.29, 0.717) is 6.54 Å². The molecule has 0 unspecified atom stereocenters. The van der Waals surface area contributed by atoms with Gasteiger partial charge >= 0.3 is 0 Å². The molecule has 1 aliphatic rings. The average Bonchev–Trinajstić information content (AvgIpc) is 3.28. The molecule has 0 radical (unpaired) electrons. The van der Waals surface area contributed by atoms with Gasteiger partial charge in [0.2, 0.25) is 0 Å². The third-order valence-corrected chi connectivity index (χ3v) is 5.90. The van der Waals surface area contributed by atoms with Crippen molar-refractivity contribution in [2.24, 2.45) is 0 Å². The first-order chi connectivity index (χ1) is 14.7. The highest BCUT2D eigenvalue weighted by Crippen LogP contribution is 2.37. The van der Waals surface area contributed by atoms with Crippen molar-refractivity contribution in [2.45, 2.75) is 6.54 Å². The smallest absolute Gasteiger partial charge is 0.256 e. The number of hydrogen-bond donors (Lipinski definition) is 0. The van der Waals surface area contributed by atoms with E-state index in [0.717, 1.165) is 49.7 Å². The summed E-state index contributed by atoms with van der Waals surface area (Å²) in [5.74, 6) is 0.0737. The molecule has 0 saturated carbocycles. The lowest BCUT2D eigenvalue weighted by atomic mass is 10.1. The fraction of sp³-hybridized carbons (Fsp3) is 0.0800. The molecule has 3 heterocycles. The van der Waals surface area contributed by atoms with E-state index in [4.69, 9.17) is 0 Å². The van der Waals surface area contributed by atoms with Gasteiger partial charge in [0.1, 0.15) is 6.33 Å². The second-order valence-corrected chi connectivity index (χ2v) is 7.68. The SMILES string of the molecule is CN1Cc2cccc(-n3c4ccccc4c4cc(-c5cncnc5)ccc43)c2C1=O. The number of benzene rings is 3. The summed E-state index contributed by atoms with van der Waals surface area (Å²) in [4.78, 5) is 23.0. The van der Waals surface area contributed by atoms with Gasteiger partial charge in [0, 0.05) is 42.3 Å². The van der Waals surface area contributed by atoms with Crippen LogP contribution in [0.15, 0.2) is 79.4 Å². The number of para-hydroxylation sites is 1. The number of fused-ring (bicyclic) bond motifs is 4. The topological polar surface area (TPSA) is 51.0 Å². The zero-order valence-corrected chi connectivity index (χ0v) is 16.4. The first kappa shape index (κ1) is 16.9. The molecule has 5 nitrogen and oxygen atoms in total. The maximum absolute atomic E-state index is 12.9. The Hall–Kier alpha value is -3.99. The summed E-state index contributed by atoms with van der Waals surface area (Å²) in [5.41, 5.74) is 7.02. The van der Waals surface area contributed by atoms with Crippen molar-refractivity contribution in [1.29, 1.82) is 0 Å². The predicted molar refractivity (Wildman–Crippen MR) is 118 cm³/mol. The van der Waals surface area contributed by atoms with E-state index in [1.807, 2.05) is 43.7 Å². The zero-order chi connectivity index (χ0) is 20.2. The van der Waals surface area contributed by atoms with E-state index in [-0.39, 0.29) is 5.91 Å². The fourth-order valence-corrected chi connectivity index (χ4v) is 4.53. The summed E-state index contributed by atoms with van der Waals surface area (Å²) >= 11 is 0. The summed E-state index contributed by atoms with van der Waals surface area (Å²) in [6.07, 6.45) is 5.19. The van der Waals surface area contributed by atoms with Crippen LogP contribution >= 0.6 is 0 Å². The number of carbonyl (C=O) groups excluding carboxylic acids is 1. The Morgan fingerprint density at radius 3 is 2.50 bits per heavy atom. The number of hydrogen-bond acceptors (Lipinski definition) is 3. The van der Waals surface area contributed by atoms with Crippen molar-refractivity contribution in [1.82, 2.24) is 19.4 Å². The Morgan fingerprint density at radius 2 is 1.63 bits per heavy atom. The van der Waals surface area contributed by atoms with Crippen molar-refractivity contribution < 1.29 is 4.79 Å². The van der Waals surface area contributed by atoms with Crippen LogP contribution in [0, 0.1) is 0 Å². The summed E-state index contributed by atoms with van der Waals surface area (Å²) in [6.45, 7) is 0.650. The molecule has 0 aliphatic carbocycles. The molecule has 0 bridgehead atoms. The van der Waals surface area contributed by atoms with Crippen molar-refractivity contribution in [3.05, 3.63) is 90.5 Å². The van der Waals surface area contributed by atoms with Gasteiger partial charge in [-0.25, -0.2) is 9.97 Å². The Bertz CT molecular complexity index is 1450. The number of carbonyl (C=O) groups is 1. The maximum atomic E-state index is 12.9. The lowest BCUT2D eigenvalue weighted by Crippen LogP contribution is -2.18. The first-order valence-electron chi connectivity index (χ1n) is 9.89. The average molecular weight is 390 g/mol. The molecule has 30 heavy (non-hydrogen) atoms. The zero-order valence-electron chi connectivity index (χ0n) is 16.4. The quantitative estimate of drug-likeness (QED) is 0.434. The molecule has 0 atom stereocenters. The van der Waals surface area contributed by atoms with Crippen LogP contribution in [-0.4, -0.2) is 32.4 Å². The molecule has 3 aromatic carbocycles. The minimum absolute atomic E-state index is 0.0737. The van der Waals surface area contributed by atoms with Gasteiger partial charge in [0.15, 0.2) is 0 Å². The molecule has 2 aromatic heterocycles. The highest BCUT2D eigenvalue weighted by atomic mass is 16.2. The number of aromatic nitrogens is 3. The highest BCUT2D eigenvalue weighted by Gasteiger charge is 2.29. The minimum Gasteiger partial charge on any atom is -0.337 e. The van der Waals surface area contributed by atoms with Gasteiger partial charge in [-0.05, 0) is 35.4 Å². The standard InChI is InChI=1S/C25H18N4O/c1-28-14-17-5-4-8-23(24(17)25(28)30)29-21-7-3-2-6-19(21)20-11-16(9-10-22(20)29)18-12-26-15-27-13-18/h2-13,15H,14H2,1H3. The van der Waals surface area contributed by atoms with Gasteiger partial charge in [0.05, 0.1) is 22.3 Å². The Labute approximate surface area is 173 Å². The summed E-state index contributed by atoms with van der Waals surface area (Å²) in [5, 5.41) is 2.30. The van der Waals surface area contributed by atoms with E-state index in [2.05, 4.69) is 50.9 Å². The molecule has 144 valence electrons. The fourth-order valence-electron chi connectivity index (χ4n) is 4.53. The molecule has 1 aliphatic heterocycles. The highest BCUT2D eigenvalue weighted by molar-refractivity contribution is 6.12. The van der Waals surface area contributed by atoms with Crippen LogP contribution in [0.3, 0.4) is 0 Å². The molecule has 0 spiro atoms. The maximum Gasteiger partial charge on any atom is 0.256 e. The van der Waals surface area contributed by atoms with Crippen molar-refractivity contribution in [3.63, 3.8) is 0 Å². The van der Waals surface area contributed by atoms with Crippen LogP contribution in [-0.2, 0) is 6.54 Å². The van der Waals surface area contributed by atoms with Crippen LogP contribution in [0.2, 0.25) is 0 Å². The molecule has 6 rings (SSSR count). The molecule has 0 saturated heterocycles. The Morgan fingerprint density at radius 1 is 0.833 bits per heavy atom. The lowest BCUT2D eigenvalue weighted by molar-refractivity contribution is 0.0816. The first-order valence-corrected chi connectivity index (χ1v) is 9.89. The van der Waals surface area contributed by atoms with E-state index < -0.39 is 0 Å². The van der Waals surface area contributed by atoms with Crippen LogP contribution in [0.4, 0.5) is 0 Å². The molecule has 1 amide bonds. The molecule has 0 N–H and O–H groups in total. The number of amides is 1. The second kappa shape index (κ2) is 6.26. The number of nitrogens with zero attached hydrogens (tertiary/aromatic N) is 4. The van der Waals surface area contributed by atoms with Crippen molar-refractivity contribution >= 4 is 27.7 Å². The van der Waals surface area contributed by atoms with Gasteiger partial charge in [-0.2, -0.15) is 0 Å². The molecule has 5 heteroatoms. The van der Waals surface area contributed by atoms with Crippen molar-refractivity contribution in [3.8, 4) is 16.8 Å². The van der Waals surface area contributed by atoms with Gasteiger partial charge < -0.3 is 9.47 Å². The van der Waals surface area contributed by atoms with Gasteiger partial charge in [-0.15, -0.1) is 0 Å². The molecular formula is C25H18N4O. The van der Waals surface area contributed by atoms with Crippen LogP contribution in [0.1, 0.15) is 15.9 Å². The summed E-state index contributed by atoms with van der Waals surface area (Å²) in [7, 11) is 1.85. The lowest BCUT2D eigenvalue weighted by Gasteiger charge is -2.12. The third-order valence-electron chi connectivity index (χ3n) is 5.90. The van der Waals surface area contributed by atoms with E-state index in [9.17, 15) is 4.79 Å². The van der Waals surface area contributed by atoms with Crippen LogP contribution < -0.4 is 0 Å². The van der Waals surface area contributed by atoms with Crippen LogP contribution in [0.25, 0.3) is 38.6 Å². The van der Waals surface area contributed by atoms with Gasteiger partial charge in [-0.3, -0.25) is 4.79 Å². The number of rotatable bonds is 2. The third kappa shape index (κ3) is 2.32. The van der Waals surface area contributed by atoms with Crippen molar-refractivity contribution in [2.75, 3.05) is 7.05 Å². The summed E-state index contributed by atoms with van der Waals surface area (Å²) in [6, 6.07) is 20.9. The minimum atomic E-state index is 0.0737. The largest absolute Gasteiger partial charge is 0.337 e.